The summed E-state index contributed by atoms with van der Waals surface area (Å²) in [4.78, 5) is 11.9. The Kier molecular flexibility index (Phi) is 6.16. The molecule has 0 bridgehead atoms. The van der Waals surface area contributed by atoms with E-state index in [1.165, 1.54) is 6.26 Å². The second-order valence-corrected chi connectivity index (χ2v) is 7.08. The fourth-order valence-corrected chi connectivity index (χ4v) is 2.62. The highest BCUT2D eigenvalue weighted by Crippen LogP contribution is 2.07. The lowest BCUT2D eigenvalue weighted by Crippen LogP contribution is -2.38. The highest BCUT2D eigenvalue weighted by Gasteiger charge is 2.09. The summed E-state index contributed by atoms with van der Waals surface area (Å²) in [7, 11) is -3.05. The molecule has 2 N–H and O–H groups in total. The Hall–Kier alpha value is -1.40. The van der Waals surface area contributed by atoms with Gasteiger partial charge in [-0.15, -0.1) is 0 Å². The van der Waals surface area contributed by atoms with Gasteiger partial charge in [0.05, 0.1) is 5.75 Å². The molecule has 112 valence electrons. The van der Waals surface area contributed by atoms with E-state index in [0.717, 1.165) is 6.54 Å². The summed E-state index contributed by atoms with van der Waals surface area (Å²) in [5, 5.41) is 6.04. The van der Waals surface area contributed by atoms with Crippen LogP contribution in [0.4, 0.5) is 0 Å². The summed E-state index contributed by atoms with van der Waals surface area (Å²) in [6, 6.07) is 6.85. The second-order valence-electron chi connectivity index (χ2n) is 4.94. The summed E-state index contributed by atoms with van der Waals surface area (Å²) >= 11 is 0. The highest BCUT2D eigenvalue weighted by atomic mass is 32.2. The predicted octanol–water partition coefficient (Wildman–Crippen LogP) is 0.959. The smallest absolute Gasteiger partial charge is 0.251 e. The zero-order valence-corrected chi connectivity index (χ0v) is 13.0. The molecule has 0 spiro atoms. The van der Waals surface area contributed by atoms with Crippen molar-refractivity contribution in [3.8, 4) is 0 Å². The van der Waals surface area contributed by atoms with Gasteiger partial charge < -0.3 is 10.6 Å². The second kappa shape index (κ2) is 7.40. The Balaban J connectivity index is 2.57. The van der Waals surface area contributed by atoms with Crippen molar-refractivity contribution < 1.29 is 13.2 Å². The lowest BCUT2D eigenvalue weighted by Gasteiger charge is -2.13. The molecule has 0 radical (unpaired) electrons. The van der Waals surface area contributed by atoms with Crippen LogP contribution in [0.15, 0.2) is 24.3 Å². The Morgan fingerprint density at radius 3 is 2.35 bits per heavy atom. The van der Waals surface area contributed by atoms with Crippen molar-refractivity contribution in [2.75, 3.05) is 19.3 Å². The monoisotopic (exact) mass is 298 g/mol. The Bertz CT molecular complexity index is 538. The first kappa shape index (κ1) is 16.7. The lowest BCUT2D eigenvalue weighted by molar-refractivity contribution is 0.0950. The topological polar surface area (TPSA) is 75.3 Å². The molecule has 0 aromatic heterocycles. The molecule has 1 amide bonds. The van der Waals surface area contributed by atoms with Gasteiger partial charge in [0.15, 0.2) is 9.84 Å². The van der Waals surface area contributed by atoms with Crippen molar-refractivity contribution in [2.45, 2.75) is 25.6 Å². The van der Waals surface area contributed by atoms with E-state index in [9.17, 15) is 13.2 Å². The summed E-state index contributed by atoms with van der Waals surface area (Å²) in [5.41, 5.74) is 1.22. The number of hydrogen-bond donors (Lipinski definition) is 2. The number of nitrogens with one attached hydrogen (secondary N) is 2. The molecule has 0 saturated heterocycles. The van der Waals surface area contributed by atoms with Crippen molar-refractivity contribution in [3.63, 3.8) is 0 Å². The van der Waals surface area contributed by atoms with Crippen LogP contribution in [-0.2, 0) is 15.6 Å². The summed E-state index contributed by atoms with van der Waals surface area (Å²) in [6.45, 7) is 5.42. The Morgan fingerprint density at radius 1 is 1.25 bits per heavy atom. The van der Waals surface area contributed by atoms with Crippen LogP contribution >= 0.6 is 0 Å². The van der Waals surface area contributed by atoms with Gasteiger partial charge in [-0.05, 0) is 31.2 Å². The molecule has 0 fully saturated rings. The SMILES string of the molecule is CCN[C@H](C)CNC(=O)c1ccc(CS(C)(=O)=O)cc1. The first-order chi connectivity index (χ1) is 9.31. The molecule has 0 aliphatic rings. The number of carbonyl (C=O) groups is 1. The number of likely N-dealkylation sites (N-methyl/N-ethyl adjacent to an activating group) is 1. The van der Waals surface area contributed by atoms with E-state index in [1.54, 1.807) is 24.3 Å². The number of amides is 1. The van der Waals surface area contributed by atoms with Crippen molar-refractivity contribution in [2.24, 2.45) is 0 Å². The summed E-state index contributed by atoms with van der Waals surface area (Å²) in [6.07, 6.45) is 1.19. The maximum absolute atomic E-state index is 11.9. The molecule has 1 aromatic rings. The van der Waals surface area contributed by atoms with Gasteiger partial charge in [0.1, 0.15) is 0 Å². The van der Waals surface area contributed by atoms with Gasteiger partial charge in [0, 0.05) is 24.4 Å². The summed E-state index contributed by atoms with van der Waals surface area (Å²) in [5.74, 6) is -0.160. The van der Waals surface area contributed by atoms with Crippen LogP contribution in [-0.4, -0.2) is 39.7 Å². The minimum Gasteiger partial charge on any atom is -0.350 e. The summed E-state index contributed by atoms with van der Waals surface area (Å²) < 4.78 is 22.3. The molecule has 0 aliphatic carbocycles. The van der Waals surface area contributed by atoms with Crippen molar-refractivity contribution >= 4 is 15.7 Å². The van der Waals surface area contributed by atoms with Crippen LogP contribution in [0.25, 0.3) is 0 Å². The van der Waals surface area contributed by atoms with Crippen LogP contribution < -0.4 is 10.6 Å². The molecular formula is C14H22N2O3S. The zero-order valence-electron chi connectivity index (χ0n) is 12.1. The largest absolute Gasteiger partial charge is 0.350 e. The number of sulfone groups is 1. The zero-order chi connectivity index (χ0) is 15.2. The van der Waals surface area contributed by atoms with Crippen LogP contribution in [0, 0.1) is 0 Å². The van der Waals surface area contributed by atoms with Crippen LogP contribution in [0.5, 0.6) is 0 Å². The van der Waals surface area contributed by atoms with E-state index < -0.39 is 9.84 Å². The van der Waals surface area contributed by atoms with Crippen molar-refractivity contribution in [1.29, 1.82) is 0 Å². The van der Waals surface area contributed by atoms with E-state index in [0.29, 0.717) is 17.7 Å². The first-order valence-corrected chi connectivity index (χ1v) is 8.66. The standard InChI is InChI=1S/C14H22N2O3S/c1-4-15-11(2)9-16-14(17)13-7-5-12(6-8-13)10-20(3,18)19/h5-8,11,15H,4,9-10H2,1-3H3,(H,16,17)/t11-/m1/s1. The molecule has 6 heteroatoms. The van der Waals surface area contributed by atoms with E-state index in [1.807, 2.05) is 13.8 Å². The third-order valence-corrected chi connectivity index (χ3v) is 3.62. The fraction of sp³-hybridized carbons (Fsp3) is 0.500. The van der Waals surface area contributed by atoms with Gasteiger partial charge in [-0.2, -0.15) is 0 Å². The maximum Gasteiger partial charge on any atom is 0.251 e. The molecule has 20 heavy (non-hydrogen) atoms. The molecule has 1 aromatic carbocycles. The van der Waals surface area contributed by atoms with Crippen molar-refractivity contribution in [3.05, 3.63) is 35.4 Å². The molecule has 1 rings (SSSR count). The van der Waals surface area contributed by atoms with Gasteiger partial charge in [0.25, 0.3) is 5.91 Å². The lowest BCUT2D eigenvalue weighted by atomic mass is 10.1. The van der Waals surface area contributed by atoms with Gasteiger partial charge in [-0.3, -0.25) is 4.79 Å². The molecule has 0 saturated carbocycles. The van der Waals surface area contributed by atoms with E-state index in [4.69, 9.17) is 0 Å². The van der Waals surface area contributed by atoms with E-state index >= 15 is 0 Å². The van der Waals surface area contributed by atoms with Crippen LogP contribution in [0.3, 0.4) is 0 Å². The van der Waals surface area contributed by atoms with E-state index in [2.05, 4.69) is 10.6 Å². The molecule has 5 nitrogen and oxygen atoms in total. The number of hydrogen-bond acceptors (Lipinski definition) is 4. The molecular weight excluding hydrogens is 276 g/mol. The van der Waals surface area contributed by atoms with Gasteiger partial charge in [0.2, 0.25) is 0 Å². The molecule has 1 atom stereocenters. The van der Waals surface area contributed by atoms with Gasteiger partial charge in [-0.1, -0.05) is 19.1 Å². The normalized spacial score (nSPS) is 12.9. The highest BCUT2D eigenvalue weighted by molar-refractivity contribution is 7.89. The number of carbonyl (C=O) groups excluding carboxylic acids is 1. The first-order valence-electron chi connectivity index (χ1n) is 6.60. The predicted molar refractivity (Wildman–Crippen MR) is 80.5 cm³/mol. The van der Waals surface area contributed by atoms with Crippen LogP contribution in [0.1, 0.15) is 29.8 Å². The average molecular weight is 298 g/mol. The van der Waals surface area contributed by atoms with Gasteiger partial charge >= 0.3 is 0 Å². The van der Waals surface area contributed by atoms with Gasteiger partial charge in [-0.25, -0.2) is 8.42 Å². The quantitative estimate of drug-likeness (QED) is 0.786. The maximum atomic E-state index is 11.9. The minimum atomic E-state index is -3.05. The molecule has 0 unspecified atom stereocenters. The van der Waals surface area contributed by atoms with Crippen LogP contribution in [0.2, 0.25) is 0 Å². The third kappa shape index (κ3) is 6.16. The minimum absolute atomic E-state index is 0.00759. The fourth-order valence-electron chi connectivity index (χ4n) is 1.82. The molecule has 0 heterocycles. The Labute approximate surface area is 120 Å². The third-order valence-electron chi connectivity index (χ3n) is 2.77. The molecule has 0 aliphatic heterocycles. The number of benzene rings is 1. The number of rotatable bonds is 7. The van der Waals surface area contributed by atoms with Crippen molar-refractivity contribution in [1.82, 2.24) is 10.6 Å². The Morgan fingerprint density at radius 2 is 1.85 bits per heavy atom. The van der Waals surface area contributed by atoms with E-state index in [-0.39, 0.29) is 17.7 Å². The average Bonchev–Trinajstić information content (AvgIpc) is 2.35.